The maximum atomic E-state index is 12.6. The Labute approximate surface area is 160 Å². The van der Waals surface area contributed by atoms with Crippen molar-refractivity contribution in [2.75, 3.05) is 18.5 Å². The zero-order valence-electron chi connectivity index (χ0n) is 15.8. The SMILES string of the molecule is Cc1ccc(C(CCN(C)c2ccccc2)(C(=O)O)c2ccccc2)cc1. The van der Waals surface area contributed by atoms with Gasteiger partial charge in [-0.3, -0.25) is 4.79 Å². The quantitative estimate of drug-likeness (QED) is 0.653. The van der Waals surface area contributed by atoms with Gasteiger partial charge in [0, 0.05) is 19.3 Å². The van der Waals surface area contributed by atoms with Gasteiger partial charge in [0.2, 0.25) is 0 Å². The second-order valence-electron chi connectivity index (χ2n) is 6.95. The number of aryl methyl sites for hydroxylation is 1. The second kappa shape index (κ2) is 8.09. The van der Waals surface area contributed by atoms with Gasteiger partial charge in [-0.05, 0) is 36.6 Å². The molecule has 0 aliphatic carbocycles. The summed E-state index contributed by atoms with van der Waals surface area (Å²) in [5, 5.41) is 10.4. The van der Waals surface area contributed by atoms with Crippen LogP contribution in [-0.4, -0.2) is 24.7 Å². The van der Waals surface area contributed by atoms with Crippen LogP contribution in [-0.2, 0) is 10.2 Å². The minimum absolute atomic E-state index is 0.473. The van der Waals surface area contributed by atoms with Gasteiger partial charge in [0.25, 0.3) is 0 Å². The Bertz CT molecular complexity index is 875. The second-order valence-corrected chi connectivity index (χ2v) is 6.95. The Balaban J connectivity index is 2.01. The van der Waals surface area contributed by atoms with Crippen LogP contribution in [0.3, 0.4) is 0 Å². The maximum Gasteiger partial charge on any atom is 0.318 e. The summed E-state index contributed by atoms with van der Waals surface area (Å²) < 4.78 is 0. The van der Waals surface area contributed by atoms with Crippen LogP contribution in [0.15, 0.2) is 84.9 Å². The molecule has 138 valence electrons. The fourth-order valence-corrected chi connectivity index (χ4v) is 3.52. The minimum Gasteiger partial charge on any atom is -0.480 e. The highest BCUT2D eigenvalue weighted by molar-refractivity contribution is 5.86. The summed E-state index contributed by atoms with van der Waals surface area (Å²) in [5.41, 5.74) is 2.73. The molecule has 0 aromatic heterocycles. The van der Waals surface area contributed by atoms with Crippen molar-refractivity contribution >= 4 is 11.7 Å². The summed E-state index contributed by atoms with van der Waals surface area (Å²) in [6, 6.07) is 27.5. The van der Waals surface area contributed by atoms with Crippen LogP contribution in [0.2, 0.25) is 0 Å². The summed E-state index contributed by atoms with van der Waals surface area (Å²) >= 11 is 0. The number of benzene rings is 3. The number of para-hydroxylation sites is 1. The van der Waals surface area contributed by atoms with Crippen LogP contribution in [0.25, 0.3) is 0 Å². The van der Waals surface area contributed by atoms with Crippen LogP contribution in [0.5, 0.6) is 0 Å². The first-order chi connectivity index (χ1) is 13.0. The number of aliphatic carboxylic acids is 1. The molecule has 0 amide bonds. The van der Waals surface area contributed by atoms with E-state index in [2.05, 4.69) is 4.90 Å². The molecule has 27 heavy (non-hydrogen) atoms. The first-order valence-corrected chi connectivity index (χ1v) is 9.16. The van der Waals surface area contributed by atoms with Gasteiger partial charge in [0.05, 0.1) is 0 Å². The van der Waals surface area contributed by atoms with E-state index in [0.717, 1.165) is 22.4 Å². The average Bonchev–Trinajstić information content (AvgIpc) is 2.70. The van der Waals surface area contributed by atoms with Crippen molar-refractivity contribution in [3.05, 3.63) is 102 Å². The Morgan fingerprint density at radius 3 is 1.93 bits per heavy atom. The molecule has 3 rings (SSSR count). The lowest BCUT2D eigenvalue weighted by molar-refractivity contribution is -0.142. The van der Waals surface area contributed by atoms with Gasteiger partial charge in [0.15, 0.2) is 0 Å². The number of hydrogen-bond acceptors (Lipinski definition) is 2. The van der Waals surface area contributed by atoms with E-state index in [1.54, 1.807) is 0 Å². The molecule has 1 N–H and O–H groups in total. The van der Waals surface area contributed by atoms with Crippen LogP contribution in [0.1, 0.15) is 23.1 Å². The van der Waals surface area contributed by atoms with Crippen molar-refractivity contribution in [3.8, 4) is 0 Å². The number of carboxylic acid groups (broad SMARTS) is 1. The van der Waals surface area contributed by atoms with Gasteiger partial charge >= 0.3 is 5.97 Å². The summed E-state index contributed by atoms with van der Waals surface area (Å²) in [7, 11) is 2.00. The monoisotopic (exact) mass is 359 g/mol. The van der Waals surface area contributed by atoms with Gasteiger partial charge in [-0.2, -0.15) is 0 Å². The molecule has 3 heteroatoms. The summed E-state index contributed by atoms with van der Waals surface area (Å²) in [6.07, 6.45) is 0.473. The number of rotatable bonds is 7. The van der Waals surface area contributed by atoms with E-state index in [9.17, 15) is 9.90 Å². The van der Waals surface area contributed by atoms with E-state index in [-0.39, 0.29) is 0 Å². The van der Waals surface area contributed by atoms with Gasteiger partial charge in [-0.25, -0.2) is 0 Å². The molecule has 0 spiro atoms. The van der Waals surface area contributed by atoms with E-state index in [1.165, 1.54) is 0 Å². The van der Waals surface area contributed by atoms with Crippen LogP contribution in [0.4, 0.5) is 5.69 Å². The third-order valence-corrected chi connectivity index (χ3v) is 5.20. The molecular formula is C24H25NO2. The molecule has 0 saturated carbocycles. The molecule has 0 aliphatic heterocycles. The summed E-state index contributed by atoms with van der Waals surface area (Å²) in [6.45, 7) is 2.64. The van der Waals surface area contributed by atoms with Crippen molar-refractivity contribution in [1.82, 2.24) is 0 Å². The highest BCUT2D eigenvalue weighted by atomic mass is 16.4. The first kappa shape index (κ1) is 18.7. The zero-order valence-corrected chi connectivity index (χ0v) is 15.8. The molecule has 0 heterocycles. The minimum atomic E-state index is -1.09. The fraction of sp³-hybridized carbons (Fsp3) is 0.208. The lowest BCUT2D eigenvalue weighted by Gasteiger charge is -2.33. The standard InChI is InChI=1S/C24H25NO2/c1-19-13-15-21(16-14-19)24(23(26)27,20-9-5-3-6-10-20)17-18-25(2)22-11-7-4-8-12-22/h3-16H,17-18H2,1-2H3,(H,26,27). The van der Waals surface area contributed by atoms with Crippen molar-refractivity contribution < 1.29 is 9.90 Å². The van der Waals surface area contributed by atoms with Gasteiger partial charge in [-0.15, -0.1) is 0 Å². The Hall–Kier alpha value is -3.07. The molecule has 3 nitrogen and oxygen atoms in total. The molecule has 0 fully saturated rings. The number of carboxylic acids is 1. The fourth-order valence-electron chi connectivity index (χ4n) is 3.52. The van der Waals surface area contributed by atoms with Gasteiger partial charge in [0.1, 0.15) is 5.41 Å². The van der Waals surface area contributed by atoms with Crippen molar-refractivity contribution in [2.45, 2.75) is 18.8 Å². The summed E-state index contributed by atoms with van der Waals surface area (Å²) in [4.78, 5) is 14.7. The molecule has 1 unspecified atom stereocenters. The van der Waals surface area contributed by atoms with Crippen LogP contribution >= 0.6 is 0 Å². The number of nitrogens with zero attached hydrogens (tertiary/aromatic N) is 1. The molecule has 3 aromatic rings. The number of carbonyl (C=O) groups is 1. The first-order valence-electron chi connectivity index (χ1n) is 9.16. The van der Waals surface area contributed by atoms with Crippen LogP contribution < -0.4 is 4.90 Å². The van der Waals surface area contributed by atoms with Crippen molar-refractivity contribution in [3.63, 3.8) is 0 Å². The lowest BCUT2D eigenvalue weighted by atomic mass is 9.71. The third kappa shape index (κ3) is 3.87. The summed E-state index contributed by atoms with van der Waals surface area (Å²) in [5.74, 6) is -0.820. The van der Waals surface area contributed by atoms with Crippen LogP contribution in [0, 0.1) is 6.92 Å². The van der Waals surface area contributed by atoms with Crippen molar-refractivity contribution in [1.29, 1.82) is 0 Å². The Morgan fingerprint density at radius 2 is 1.37 bits per heavy atom. The topological polar surface area (TPSA) is 40.5 Å². The molecule has 0 aliphatic rings. The molecule has 0 saturated heterocycles. The van der Waals surface area contributed by atoms with E-state index < -0.39 is 11.4 Å². The predicted molar refractivity (Wildman–Crippen MR) is 110 cm³/mol. The smallest absolute Gasteiger partial charge is 0.318 e. The predicted octanol–water partition coefficient (Wildman–Crippen LogP) is 4.89. The highest BCUT2D eigenvalue weighted by Crippen LogP contribution is 2.37. The number of anilines is 1. The average molecular weight is 359 g/mol. The lowest BCUT2D eigenvalue weighted by Crippen LogP contribution is -2.40. The van der Waals surface area contributed by atoms with E-state index in [0.29, 0.717) is 13.0 Å². The molecule has 3 aromatic carbocycles. The van der Waals surface area contributed by atoms with Crippen molar-refractivity contribution in [2.24, 2.45) is 0 Å². The largest absolute Gasteiger partial charge is 0.480 e. The maximum absolute atomic E-state index is 12.6. The van der Waals surface area contributed by atoms with Gasteiger partial charge < -0.3 is 10.0 Å². The molecule has 1 atom stereocenters. The van der Waals surface area contributed by atoms with Gasteiger partial charge in [-0.1, -0.05) is 78.4 Å². The normalized spacial score (nSPS) is 13.0. The Kier molecular flexibility index (Phi) is 5.60. The Morgan fingerprint density at radius 1 is 0.852 bits per heavy atom. The molecule has 0 bridgehead atoms. The molecule has 0 radical (unpaired) electrons. The van der Waals surface area contributed by atoms with E-state index in [1.807, 2.05) is 98.9 Å². The van der Waals surface area contributed by atoms with E-state index >= 15 is 0 Å². The zero-order chi connectivity index (χ0) is 19.3. The highest BCUT2D eigenvalue weighted by Gasteiger charge is 2.42. The third-order valence-electron chi connectivity index (χ3n) is 5.20. The molecular weight excluding hydrogens is 334 g/mol. The number of hydrogen-bond donors (Lipinski definition) is 1. The van der Waals surface area contributed by atoms with E-state index in [4.69, 9.17) is 0 Å².